The molecular weight excluding hydrogens is 368 g/mol. The highest BCUT2D eigenvalue weighted by molar-refractivity contribution is 5.79. The standard InChI is InChI=1S/C22H22N4O3/c1-22(2,3)29-21(27)26-11-5-8-18(26)20-25-17-12-14(9-10-19(17)28-20)16-7-4-6-15(13-23)24-16/h4,6-7,9-10,12,18H,5,8,11H2,1-3H3. The van der Waals surface area contributed by atoms with Crippen molar-refractivity contribution in [2.45, 2.75) is 45.3 Å². The Kier molecular flexibility index (Phi) is 4.71. The minimum absolute atomic E-state index is 0.235. The first kappa shape index (κ1) is 18.9. The molecule has 0 radical (unpaired) electrons. The number of benzene rings is 1. The largest absolute Gasteiger partial charge is 0.444 e. The number of rotatable bonds is 2. The van der Waals surface area contributed by atoms with Gasteiger partial charge in [0.2, 0.25) is 5.89 Å². The summed E-state index contributed by atoms with van der Waals surface area (Å²) >= 11 is 0. The molecule has 2 aromatic heterocycles. The molecule has 1 saturated heterocycles. The van der Waals surface area contributed by atoms with Gasteiger partial charge in [-0.2, -0.15) is 5.26 Å². The first-order valence-electron chi connectivity index (χ1n) is 9.62. The van der Waals surface area contributed by atoms with E-state index in [1.165, 1.54) is 0 Å². The third kappa shape index (κ3) is 3.92. The van der Waals surface area contributed by atoms with Crippen LogP contribution >= 0.6 is 0 Å². The second-order valence-corrected chi connectivity index (χ2v) is 8.09. The maximum atomic E-state index is 12.6. The minimum atomic E-state index is -0.550. The zero-order valence-electron chi connectivity index (χ0n) is 16.7. The Bertz CT molecular complexity index is 1110. The minimum Gasteiger partial charge on any atom is -0.444 e. The van der Waals surface area contributed by atoms with Crippen molar-refractivity contribution in [2.24, 2.45) is 0 Å². The summed E-state index contributed by atoms with van der Waals surface area (Å²) in [4.78, 5) is 23.2. The van der Waals surface area contributed by atoms with Crippen LogP contribution in [0.25, 0.3) is 22.4 Å². The number of carbonyl (C=O) groups excluding carboxylic acids is 1. The van der Waals surface area contributed by atoms with E-state index >= 15 is 0 Å². The third-order valence-electron chi connectivity index (χ3n) is 4.73. The summed E-state index contributed by atoms with van der Waals surface area (Å²) in [5.41, 5.74) is 2.71. The molecule has 0 spiro atoms. The van der Waals surface area contributed by atoms with Gasteiger partial charge in [-0.15, -0.1) is 0 Å². The Morgan fingerprint density at radius 3 is 2.86 bits per heavy atom. The van der Waals surface area contributed by atoms with E-state index in [9.17, 15) is 4.79 Å². The van der Waals surface area contributed by atoms with Crippen molar-refractivity contribution in [3.63, 3.8) is 0 Å². The zero-order valence-corrected chi connectivity index (χ0v) is 16.7. The van der Waals surface area contributed by atoms with Crippen molar-refractivity contribution < 1.29 is 13.9 Å². The highest BCUT2D eigenvalue weighted by atomic mass is 16.6. The Balaban J connectivity index is 1.63. The van der Waals surface area contributed by atoms with Gasteiger partial charge in [-0.05, 0) is 63.9 Å². The van der Waals surface area contributed by atoms with Gasteiger partial charge in [0.15, 0.2) is 5.58 Å². The van der Waals surface area contributed by atoms with Gasteiger partial charge >= 0.3 is 6.09 Å². The fourth-order valence-corrected chi connectivity index (χ4v) is 3.47. The van der Waals surface area contributed by atoms with Gasteiger partial charge in [0.1, 0.15) is 28.9 Å². The number of amides is 1. The smallest absolute Gasteiger partial charge is 0.410 e. The van der Waals surface area contributed by atoms with Gasteiger partial charge in [-0.1, -0.05) is 6.07 Å². The van der Waals surface area contributed by atoms with E-state index in [1.807, 2.05) is 45.0 Å². The Labute approximate surface area is 168 Å². The highest BCUT2D eigenvalue weighted by Crippen LogP contribution is 2.35. The van der Waals surface area contributed by atoms with E-state index in [1.54, 1.807) is 17.0 Å². The predicted octanol–water partition coefficient (Wildman–Crippen LogP) is 4.83. The second-order valence-electron chi connectivity index (χ2n) is 8.09. The summed E-state index contributed by atoms with van der Waals surface area (Å²) in [6.45, 7) is 6.18. The zero-order chi connectivity index (χ0) is 20.6. The van der Waals surface area contributed by atoms with Crippen LogP contribution < -0.4 is 0 Å². The van der Waals surface area contributed by atoms with E-state index in [0.29, 0.717) is 34.9 Å². The van der Waals surface area contributed by atoms with Gasteiger partial charge < -0.3 is 9.15 Å². The molecule has 1 amide bonds. The number of nitrogens with zero attached hydrogens (tertiary/aromatic N) is 4. The number of pyridine rings is 1. The number of hydrogen-bond acceptors (Lipinski definition) is 6. The molecular formula is C22H22N4O3. The van der Waals surface area contributed by atoms with Crippen molar-refractivity contribution in [1.82, 2.24) is 14.9 Å². The maximum absolute atomic E-state index is 12.6. The number of likely N-dealkylation sites (tertiary alicyclic amines) is 1. The van der Waals surface area contributed by atoms with E-state index in [0.717, 1.165) is 18.4 Å². The lowest BCUT2D eigenvalue weighted by Crippen LogP contribution is -2.36. The summed E-state index contributed by atoms with van der Waals surface area (Å²) in [7, 11) is 0. The molecule has 0 saturated carbocycles. The van der Waals surface area contributed by atoms with Crippen molar-refractivity contribution in [1.29, 1.82) is 5.26 Å². The average Bonchev–Trinajstić information content (AvgIpc) is 3.32. The predicted molar refractivity (Wildman–Crippen MR) is 107 cm³/mol. The van der Waals surface area contributed by atoms with E-state index in [-0.39, 0.29) is 12.1 Å². The van der Waals surface area contributed by atoms with Crippen molar-refractivity contribution >= 4 is 17.2 Å². The fourth-order valence-electron chi connectivity index (χ4n) is 3.47. The molecule has 1 atom stereocenters. The van der Waals surface area contributed by atoms with E-state index in [4.69, 9.17) is 14.4 Å². The first-order chi connectivity index (χ1) is 13.8. The SMILES string of the molecule is CC(C)(C)OC(=O)N1CCCC1c1nc2cc(-c3cccc(C#N)n3)ccc2o1. The van der Waals surface area contributed by atoms with Crippen molar-refractivity contribution in [3.8, 4) is 17.3 Å². The first-order valence-corrected chi connectivity index (χ1v) is 9.62. The van der Waals surface area contributed by atoms with Gasteiger partial charge in [0, 0.05) is 12.1 Å². The van der Waals surface area contributed by atoms with Crippen LogP contribution in [0.4, 0.5) is 4.79 Å². The van der Waals surface area contributed by atoms with Crippen LogP contribution in [0, 0.1) is 11.3 Å². The van der Waals surface area contributed by atoms with Crippen LogP contribution in [-0.4, -0.2) is 33.1 Å². The van der Waals surface area contributed by atoms with E-state index < -0.39 is 5.60 Å². The van der Waals surface area contributed by atoms with Crippen LogP contribution in [0.1, 0.15) is 51.2 Å². The molecule has 1 fully saturated rings. The van der Waals surface area contributed by atoms with Gasteiger partial charge in [0.05, 0.1) is 5.69 Å². The van der Waals surface area contributed by atoms with Crippen molar-refractivity contribution in [2.75, 3.05) is 6.54 Å². The maximum Gasteiger partial charge on any atom is 0.410 e. The number of oxazole rings is 1. The van der Waals surface area contributed by atoms with Gasteiger partial charge in [0.25, 0.3) is 0 Å². The molecule has 148 valence electrons. The van der Waals surface area contributed by atoms with E-state index in [2.05, 4.69) is 16.0 Å². The molecule has 1 unspecified atom stereocenters. The normalized spacial score (nSPS) is 16.8. The molecule has 29 heavy (non-hydrogen) atoms. The molecule has 3 aromatic rings. The fraction of sp³-hybridized carbons (Fsp3) is 0.364. The molecule has 1 aliphatic heterocycles. The molecule has 7 nitrogen and oxygen atoms in total. The average molecular weight is 390 g/mol. The summed E-state index contributed by atoms with van der Waals surface area (Å²) in [5.74, 6) is 0.513. The highest BCUT2D eigenvalue weighted by Gasteiger charge is 2.36. The molecule has 1 aromatic carbocycles. The lowest BCUT2D eigenvalue weighted by Gasteiger charge is -2.27. The molecule has 0 N–H and O–H groups in total. The summed E-state index contributed by atoms with van der Waals surface area (Å²) < 4.78 is 11.5. The molecule has 0 bridgehead atoms. The molecule has 3 heterocycles. The number of hydrogen-bond donors (Lipinski definition) is 0. The monoisotopic (exact) mass is 390 g/mol. The molecule has 4 rings (SSSR count). The summed E-state index contributed by atoms with van der Waals surface area (Å²) in [6, 6.07) is 12.8. The van der Waals surface area contributed by atoms with Crippen LogP contribution in [0.3, 0.4) is 0 Å². The molecule has 1 aliphatic rings. The van der Waals surface area contributed by atoms with Crippen LogP contribution in [-0.2, 0) is 4.74 Å². The van der Waals surface area contributed by atoms with Gasteiger partial charge in [-0.25, -0.2) is 14.8 Å². The Hall–Kier alpha value is -3.40. The topological polar surface area (TPSA) is 92.2 Å². The molecule has 7 heteroatoms. The summed E-state index contributed by atoms with van der Waals surface area (Å²) in [6.07, 6.45) is 1.31. The Morgan fingerprint density at radius 1 is 1.28 bits per heavy atom. The quantitative estimate of drug-likeness (QED) is 0.622. The second kappa shape index (κ2) is 7.21. The number of ether oxygens (including phenoxy) is 1. The number of aromatic nitrogens is 2. The van der Waals surface area contributed by atoms with Crippen LogP contribution in [0.2, 0.25) is 0 Å². The number of nitriles is 1. The number of fused-ring (bicyclic) bond motifs is 1. The lowest BCUT2D eigenvalue weighted by molar-refractivity contribution is 0.0205. The Morgan fingerprint density at radius 2 is 2.10 bits per heavy atom. The van der Waals surface area contributed by atoms with Crippen LogP contribution in [0.15, 0.2) is 40.8 Å². The van der Waals surface area contributed by atoms with Gasteiger partial charge in [-0.3, -0.25) is 4.90 Å². The number of carbonyl (C=O) groups is 1. The third-order valence-corrected chi connectivity index (χ3v) is 4.73. The summed E-state index contributed by atoms with van der Waals surface area (Å²) in [5, 5.41) is 9.06. The van der Waals surface area contributed by atoms with Crippen LogP contribution in [0.5, 0.6) is 0 Å². The van der Waals surface area contributed by atoms with Crippen molar-refractivity contribution in [3.05, 3.63) is 48.0 Å². The molecule has 0 aliphatic carbocycles. The lowest BCUT2D eigenvalue weighted by atomic mass is 10.1.